The van der Waals surface area contributed by atoms with Gasteiger partial charge in [0.25, 0.3) is 0 Å². The molecule has 0 atom stereocenters. The van der Waals surface area contributed by atoms with Crippen LogP contribution in [0.1, 0.15) is 47.5 Å². The predicted octanol–water partition coefficient (Wildman–Crippen LogP) is 1.23. The van der Waals surface area contributed by atoms with Gasteiger partial charge in [-0.1, -0.05) is 0 Å². The molecule has 0 radical (unpaired) electrons. The van der Waals surface area contributed by atoms with E-state index in [1.807, 2.05) is 0 Å². The molecule has 0 amide bonds. The Labute approximate surface area is 99.2 Å². The summed E-state index contributed by atoms with van der Waals surface area (Å²) in [4.78, 5) is 0. The van der Waals surface area contributed by atoms with Crippen LogP contribution in [0.5, 0.6) is 0 Å². The zero-order valence-corrected chi connectivity index (χ0v) is 11.7. The number of nitrogens with one attached hydrogen (secondary N) is 2. The molecule has 1 aliphatic heterocycles. The van der Waals surface area contributed by atoms with E-state index < -0.39 is 10.0 Å². The third-order valence-electron chi connectivity index (χ3n) is 2.92. The summed E-state index contributed by atoms with van der Waals surface area (Å²) >= 11 is 0. The van der Waals surface area contributed by atoms with E-state index in [1.54, 1.807) is 6.92 Å². The molecule has 1 heterocycles. The molecule has 0 aliphatic carbocycles. The van der Waals surface area contributed by atoms with Gasteiger partial charge >= 0.3 is 0 Å². The summed E-state index contributed by atoms with van der Waals surface area (Å²) in [5.74, 6) is 0.151. The first-order chi connectivity index (χ1) is 7.05. The first-order valence-corrected chi connectivity index (χ1v) is 7.50. The fraction of sp³-hybridized carbons (Fsp3) is 1.00. The molecule has 1 saturated heterocycles. The Morgan fingerprint density at radius 1 is 1.19 bits per heavy atom. The molecule has 2 N–H and O–H groups in total. The van der Waals surface area contributed by atoms with Gasteiger partial charge in [-0.3, -0.25) is 0 Å². The highest BCUT2D eigenvalue weighted by atomic mass is 32.2. The van der Waals surface area contributed by atoms with Crippen molar-refractivity contribution in [2.75, 3.05) is 5.75 Å². The van der Waals surface area contributed by atoms with Gasteiger partial charge in [0.2, 0.25) is 10.0 Å². The first-order valence-electron chi connectivity index (χ1n) is 5.85. The molecule has 0 spiro atoms. The number of piperidine rings is 1. The van der Waals surface area contributed by atoms with Crippen molar-refractivity contribution >= 4 is 10.0 Å². The summed E-state index contributed by atoms with van der Waals surface area (Å²) in [6, 6.07) is 0.0381. The molecule has 0 aromatic heterocycles. The molecule has 1 rings (SSSR count). The Hall–Kier alpha value is -0.130. The number of rotatable bonds is 3. The third-order valence-corrected chi connectivity index (χ3v) is 4.37. The zero-order valence-electron chi connectivity index (χ0n) is 10.9. The molecule has 96 valence electrons. The maximum Gasteiger partial charge on any atom is 0.211 e. The maximum atomic E-state index is 11.6. The Morgan fingerprint density at radius 3 is 2.00 bits per heavy atom. The van der Waals surface area contributed by atoms with Crippen LogP contribution in [-0.2, 0) is 10.0 Å². The van der Waals surface area contributed by atoms with Crippen molar-refractivity contribution in [3.8, 4) is 0 Å². The van der Waals surface area contributed by atoms with Gasteiger partial charge in [-0.25, -0.2) is 13.1 Å². The van der Waals surface area contributed by atoms with E-state index in [0.29, 0.717) is 0 Å². The molecule has 4 nitrogen and oxygen atoms in total. The topological polar surface area (TPSA) is 58.2 Å². The van der Waals surface area contributed by atoms with Crippen LogP contribution in [0.15, 0.2) is 0 Å². The summed E-state index contributed by atoms with van der Waals surface area (Å²) in [6.45, 7) is 10.1. The highest BCUT2D eigenvalue weighted by molar-refractivity contribution is 7.89. The second-order valence-corrected chi connectivity index (χ2v) is 8.06. The van der Waals surface area contributed by atoms with E-state index in [2.05, 4.69) is 37.7 Å². The molecular weight excluding hydrogens is 224 g/mol. The second kappa shape index (κ2) is 4.27. The van der Waals surface area contributed by atoms with Crippen LogP contribution in [-0.4, -0.2) is 31.3 Å². The van der Waals surface area contributed by atoms with Gasteiger partial charge in [-0.15, -0.1) is 0 Å². The second-order valence-electron chi connectivity index (χ2n) is 6.02. The van der Waals surface area contributed by atoms with Gasteiger partial charge in [0, 0.05) is 17.1 Å². The van der Waals surface area contributed by atoms with E-state index in [-0.39, 0.29) is 22.9 Å². The number of sulfonamides is 1. The monoisotopic (exact) mass is 248 g/mol. The van der Waals surface area contributed by atoms with Crippen molar-refractivity contribution in [2.24, 2.45) is 0 Å². The fourth-order valence-corrected chi connectivity index (χ4v) is 3.58. The summed E-state index contributed by atoms with van der Waals surface area (Å²) in [5, 5.41) is 3.53. The van der Waals surface area contributed by atoms with Crippen molar-refractivity contribution in [1.29, 1.82) is 0 Å². The summed E-state index contributed by atoms with van der Waals surface area (Å²) in [7, 11) is -3.10. The Bertz CT molecular complexity index is 331. The van der Waals surface area contributed by atoms with E-state index in [0.717, 1.165) is 12.8 Å². The van der Waals surface area contributed by atoms with Crippen LogP contribution in [0.3, 0.4) is 0 Å². The average molecular weight is 248 g/mol. The van der Waals surface area contributed by atoms with Gasteiger partial charge in [0.05, 0.1) is 5.75 Å². The van der Waals surface area contributed by atoms with Gasteiger partial charge in [-0.2, -0.15) is 0 Å². The third kappa shape index (κ3) is 4.03. The van der Waals surface area contributed by atoms with Crippen LogP contribution in [0.25, 0.3) is 0 Å². The van der Waals surface area contributed by atoms with Gasteiger partial charge < -0.3 is 5.32 Å². The molecule has 0 bridgehead atoms. The molecule has 0 aromatic rings. The quantitative estimate of drug-likeness (QED) is 0.790. The molecule has 0 aromatic carbocycles. The minimum Gasteiger partial charge on any atom is -0.307 e. The molecule has 0 saturated carbocycles. The average Bonchev–Trinajstić information content (AvgIpc) is 1.96. The van der Waals surface area contributed by atoms with Gasteiger partial charge in [-0.05, 0) is 47.5 Å². The minimum atomic E-state index is -3.10. The highest BCUT2D eigenvalue weighted by Crippen LogP contribution is 2.28. The van der Waals surface area contributed by atoms with E-state index in [4.69, 9.17) is 0 Å². The zero-order chi connectivity index (χ0) is 12.6. The number of hydrogen-bond acceptors (Lipinski definition) is 3. The molecule has 5 heteroatoms. The highest BCUT2D eigenvalue weighted by Gasteiger charge is 2.38. The maximum absolute atomic E-state index is 11.6. The molecule has 1 aliphatic rings. The largest absolute Gasteiger partial charge is 0.307 e. The van der Waals surface area contributed by atoms with Crippen LogP contribution in [0.2, 0.25) is 0 Å². The Kier molecular flexibility index (Phi) is 3.72. The lowest BCUT2D eigenvalue weighted by atomic mass is 9.80. The normalized spacial score (nSPS) is 25.6. The predicted molar refractivity (Wildman–Crippen MR) is 66.9 cm³/mol. The minimum absolute atomic E-state index is 0.0251. The van der Waals surface area contributed by atoms with Crippen LogP contribution in [0.4, 0.5) is 0 Å². The molecule has 0 unspecified atom stereocenters. The van der Waals surface area contributed by atoms with Crippen molar-refractivity contribution in [3.05, 3.63) is 0 Å². The van der Waals surface area contributed by atoms with Crippen molar-refractivity contribution in [1.82, 2.24) is 10.0 Å². The summed E-state index contributed by atoms with van der Waals surface area (Å²) < 4.78 is 25.9. The lowest BCUT2D eigenvalue weighted by Crippen LogP contribution is -2.62. The molecule has 1 fully saturated rings. The van der Waals surface area contributed by atoms with Crippen LogP contribution >= 0.6 is 0 Å². The first kappa shape index (κ1) is 13.9. The Morgan fingerprint density at radius 2 is 1.62 bits per heavy atom. The van der Waals surface area contributed by atoms with Crippen LogP contribution in [0, 0.1) is 0 Å². The summed E-state index contributed by atoms with van der Waals surface area (Å²) in [6.07, 6.45) is 1.66. The summed E-state index contributed by atoms with van der Waals surface area (Å²) in [5.41, 5.74) is -0.0502. The van der Waals surface area contributed by atoms with Gasteiger partial charge in [0.1, 0.15) is 0 Å². The van der Waals surface area contributed by atoms with Crippen molar-refractivity contribution in [2.45, 2.75) is 64.6 Å². The molecular formula is C11H24N2O2S. The Balaban J connectivity index is 2.76. The van der Waals surface area contributed by atoms with Crippen LogP contribution < -0.4 is 10.0 Å². The SMILES string of the molecule is CCS(=O)(=O)NC1CC(C)(C)NC(C)(C)C1. The standard InChI is InChI=1S/C11H24N2O2S/c1-6-16(14,15)12-9-7-10(2,3)13-11(4,5)8-9/h9,12-13H,6-8H2,1-5H3. The lowest BCUT2D eigenvalue weighted by Gasteiger charge is -2.46. The van der Waals surface area contributed by atoms with Gasteiger partial charge in [0.15, 0.2) is 0 Å². The van der Waals surface area contributed by atoms with E-state index >= 15 is 0 Å². The lowest BCUT2D eigenvalue weighted by molar-refractivity contribution is 0.157. The smallest absolute Gasteiger partial charge is 0.211 e. The van der Waals surface area contributed by atoms with E-state index in [9.17, 15) is 8.42 Å². The van der Waals surface area contributed by atoms with E-state index in [1.165, 1.54) is 0 Å². The number of hydrogen-bond donors (Lipinski definition) is 2. The molecule has 16 heavy (non-hydrogen) atoms. The van der Waals surface area contributed by atoms with Crippen molar-refractivity contribution < 1.29 is 8.42 Å². The fourth-order valence-electron chi connectivity index (χ4n) is 2.74. The van der Waals surface area contributed by atoms with Crippen molar-refractivity contribution in [3.63, 3.8) is 0 Å².